The quantitative estimate of drug-likeness (QED) is 0.651. The number of allylic oxidation sites excluding steroid dienone is 1. The molecular formula is C23H23NO6. The fourth-order valence-electron chi connectivity index (χ4n) is 3.36. The molecule has 0 bridgehead atoms. The van der Waals surface area contributed by atoms with Crippen LogP contribution in [-0.2, 0) is 14.3 Å². The van der Waals surface area contributed by atoms with Crippen molar-refractivity contribution in [1.82, 2.24) is 4.90 Å². The maximum atomic E-state index is 13.0. The lowest BCUT2D eigenvalue weighted by Crippen LogP contribution is -2.33. The van der Waals surface area contributed by atoms with Gasteiger partial charge in [-0.05, 0) is 29.3 Å². The number of carbonyl (C=O) groups excluding carboxylic acids is 2. The van der Waals surface area contributed by atoms with Crippen LogP contribution in [0.1, 0.15) is 17.2 Å². The summed E-state index contributed by atoms with van der Waals surface area (Å²) < 4.78 is 10.2. The maximum Gasteiger partial charge on any atom is 0.290 e. The molecule has 3 rings (SSSR count). The Morgan fingerprint density at radius 1 is 1.13 bits per heavy atom. The Morgan fingerprint density at radius 3 is 2.53 bits per heavy atom. The first kappa shape index (κ1) is 21.1. The van der Waals surface area contributed by atoms with E-state index in [-0.39, 0.29) is 30.2 Å². The van der Waals surface area contributed by atoms with Crippen molar-refractivity contribution in [3.8, 4) is 11.5 Å². The SMILES string of the molecule is COCCN1C(=O)C(O)=C(C(=O)/C=C/c2ccccc2)C1c1ccc(O)c(OC)c1. The van der Waals surface area contributed by atoms with Crippen molar-refractivity contribution < 1.29 is 29.3 Å². The molecule has 0 saturated carbocycles. The van der Waals surface area contributed by atoms with Crippen LogP contribution in [0.25, 0.3) is 6.08 Å². The zero-order valence-corrected chi connectivity index (χ0v) is 16.7. The third kappa shape index (κ3) is 4.21. The van der Waals surface area contributed by atoms with Crippen molar-refractivity contribution in [2.45, 2.75) is 6.04 Å². The van der Waals surface area contributed by atoms with E-state index in [0.29, 0.717) is 5.56 Å². The molecule has 156 valence electrons. The van der Waals surface area contributed by atoms with Gasteiger partial charge in [0.2, 0.25) is 0 Å². The molecule has 2 aromatic carbocycles. The largest absolute Gasteiger partial charge is 0.504 e. The average Bonchev–Trinajstić information content (AvgIpc) is 3.02. The fourth-order valence-corrected chi connectivity index (χ4v) is 3.36. The minimum absolute atomic E-state index is 0.0315. The number of methoxy groups -OCH3 is 2. The van der Waals surface area contributed by atoms with Gasteiger partial charge < -0.3 is 24.6 Å². The van der Waals surface area contributed by atoms with E-state index in [4.69, 9.17) is 9.47 Å². The lowest BCUT2D eigenvalue weighted by molar-refractivity contribution is -0.130. The number of hydrogen-bond donors (Lipinski definition) is 2. The minimum atomic E-state index is -0.838. The maximum absolute atomic E-state index is 13.0. The first-order valence-corrected chi connectivity index (χ1v) is 9.35. The van der Waals surface area contributed by atoms with Crippen molar-refractivity contribution in [3.05, 3.63) is 77.1 Å². The van der Waals surface area contributed by atoms with Gasteiger partial charge in [-0.15, -0.1) is 0 Å². The first-order valence-electron chi connectivity index (χ1n) is 9.35. The topological polar surface area (TPSA) is 96.3 Å². The second kappa shape index (κ2) is 9.28. The fraction of sp³-hybridized carbons (Fsp3) is 0.217. The number of aliphatic hydroxyl groups excluding tert-OH is 1. The summed E-state index contributed by atoms with van der Waals surface area (Å²) in [5.41, 5.74) is 1.31. The third-order valence-electron chi connectivity index (χ3n) is 4.85. The van der Waals surface area contributed by atoms with E-state index >= 15 is 0 Å². The van der Waals surface area contributed by atoms with Crippen LogP contribution in [-0.4, -0.2) is 54.2 Å². The number of hydrogen-bond acceptors (Lipinski definition) is 6. The van der Waals surface area contributed by atoms with Gasteiger partial charge in [-0.2, -0.15) is 0 Å². The van der Waals surface area contributed by atoms with Crippen LogP contribution in [0.15, 0.2) is 65.9 Å². The standard InChI is InChI=1S/C23H23NO6/c1-29-13-12-24-21(16-9-11-17(25)19(14-16)30-2)20(22(27)23(24)28)18(26)10-8-15-6-4-3-5-7-15/h3-11,14,21,25,27H,12-13H2,1-2H3/b10-8+. The predicted molar refractivity (Wildman–Crippen MR) is 111 cm³/mol. The summed E-state index contributed by atoms with van der Waals surface area (Å²) in [6.07, 6.45) is 2.96. The van der Waals surface area contributed by atoms with Crippen LogP contribution >= 0.6 is 0 Å². The number of nitrogens with zero attached hydrogens (tertiary/aromatic N) is 1. The molecule has 2 N–H and O–H groups in total. The van der Waals surface area contributed by atoms with Crippen molar-refractivity contribution in [2.75, 3.05) is 27.4 Å². The normalized spacial score (nSPS) is 16.5. The number of ether oxygens (including phenoxy) is 2. The molecule has 2 aromatic rings. The van der Waals surface area contributed by atoms with Gasteiger partial charge in [0.15, 0.2) is 23.0 Å². The third-order valence-corrected chi connectivity index (χ3v) is 4.85. The monoisotopic (exact) mass is 409 g/mol. The van der Waals surface area contributed by atoms with E-state index in [2.05, 4.69) is 0 Å². The van der Waals surface area contributed by atoms with E-state index < -0.39 is 23.5 Å². The van der Waals surface area contributed by atoms with E-state index in [9.17, 15) is 19.8 Å². The lowest BCUT2D eigenvalue weighted by Gasteiger charge is -2.26. The zero-order valence-electron chi connectivity index (χ0n) is 16.7. The van der Waals surface area contributed by atoms with E-state index in [1.807, 2.05) is 30.3 Å². The first-order chi connectivity index (χ1) is 14.5. The van der Waals surface area contributed by atoms with Crippen LogP contribution in [0, 0.1) is 0 Å². The molecule has 0 fully saturated rings. The molecule has 1 atom stereocenters. The van der Waals surface area contributed by atoms with Crippen molar-refractivity contribution in [3.63, 3.8) is 0 Å². The van der Waals surface area contributed by atoms with Crippen LogP contribution in [0.4, 0.5) is 0 Å². The van der Waals surface area contributed by atoms with Gasteiger partial charge in [-0.1, -0.05) is 42.5 Å². The van der Waals surface area contributed by atoms with Gasteiger partial charge in [0.1, 0.15) is 0 Å². The predicted octanol–water partition coefficient (Wildman–Crippen LogP) is 3.03. The number of phenols is 1. The molecule has 1 unspecified atom stereocenters. The highest BCUT2D eigenvalue weighted by molar-refractivity contribution is 6.14. The number of rotatable bonds is 8. The molecule has 30 heavy (non-hydrogen) atoms. The number of amides is 1. The molecule has 1 amide bonds. The van der Waals surface area contributed by atoms with Crippen LogP contribution in [0.2, 0.25) is 0 Å². The summed E-state index contributed by atoms with van der Waals surface area (Å²) in [7, 11) is 2.91. The second-order valence-corrected chi connectivity index (χ2v) is 6.70. The number of aromatic hydroxyl groups is 1. The van der Waals surface area contributed by atoms with Gasteiger partial charge >= 0.3 is 0 Å². The van der Waals surface area contributed by atoms with Gasteiger partial charge in [-0.25, -0.2) is 0 Å². The van der Waals surface area contributed by atoms with E-state index in [1.54, 1.807) is 18.2 Å². The zero-order chi connectivity index (χ0) is 21.7. The Morgan fingerprint density at radius 2 is 1.87 bits per heavy atom. The summed E-state index contributed by atoms with van der Waals surface area (Å²) in [6.45, 7) is 0.401. The lowest BCUT2D eigenvalue weighted by atomic mass is 9.95. The Hall–Kier alpha value is -3.58. The molecule has 1 heterocycles. The van der Waals surface area contributed by atoms with Crippen molar-refractivity contribution in [1.29, 1.82) is 0 Å². The summed E-state index contributed by atoms with van der Waals surface area (Å²) in [5.74, 6) is -1.60. The van der Waals surface area contributed by atoms with E-state index in [0.717, 1.165) is 5.56 Å². The molecule has 1 aliphatic rings. The molecule has 7 nitrogen and oxygen atoms in total. The molecule has 0 aromatic heterocycles. The van der Waals surface area contributed by atoms with Crippen molar-refractivity contribution in [2.24, 2.45) is 0 Å². The Labute approximate surface area is 174 Å². The number of benzene rings is 2. The Kier molecular flexibility index (Phi) is 6.54. The summed E-state index contributed by atoms with van der Waals surface area (Å²) in [6, 6.07) is 12.9. The number of carbonyl (C=O) groups is 2. The molecule has 0 spiro atoms. The smallest absolute Gasteiger partial charge is 0.290 e. The highest BCUT2D eigenvalue weighted by Crippen LogP contribution is 2.40. The molecule has 1 aliphatic heterocycles. The Balaban J connectivity index is 2.02. The second-order valence-electron chi connectivity index (χ2n) is 6.70. The van der Waals surface area contributed by atoms with Crippen molar-refractivity contribution >= 4 is 17.8 Å². The summed E-state index contributed by atoms with van der Waals surface area (Å²) in [5, 5.41) is 20.4. The number of phenolic OH excluding ortho intramolecular Hbond substituents is 1. The number of aliphatic hydroxyl groups is 1. The molecule has 7 heteroatoms. The highest BCUT2D eigenvalue weighted by Gasteiger charge is 2.42. The van der Waals surface area contributed by atoms with Gasteiger partial charge in [0, 0.05) is 13.7 Å². The number of ketones is 1. The van der Waals surface area contributed by atoms with Gasteiger partial charge in [0.05, 0.1) is 25.3 Å². The molecular weight excluding hydrogens is 386 g/mol. The molecule has 0 aliphatic carbocycles. The van der Waals surface area contributed by atoms with Crippen LogP contribution in [0.3, 0.4) is 0 Å². The minimum Gasteiger partial charge on any atom is -0.504 e. The summed E-state index contributed by atoms with van der Waals surface area (Å²) in [4.78, 5) is 27.1. The van der Waals surface area contributed by atoms with Gasteiger partial charge in [-0.3, -0.25) is 9.59 Å². The Bertz CT molecular complexity index is 996. The van der Waals surface area contributed by atoms with Crippen LogP contribution in [0.5, 0.6) is 11.5 Å². The van der Waals surface area contributed by atoms with E-state index in [1.165, 1.54) is 31.3 Å². The molecule has 0 radical (unpaired) electrons. The van der Waals surface area contributed by atoms with Crippen LogP contribution < -0.4 is 4.74 Å². The van der Waals surface area contributed by atoms with Gasteiger partial charge in [0.25, 0.3) is 5.91 Å². The molecule has 0 saturated heterocycles. The summed E-state index contributed by atoms with van der Waals surface area (Å²) >= 11 is 0. The highest BCUT2D eigenvalue weighted by atomic mass is 16.5. The average molecular weight is 409 g/mol.